The first-order valence-corrected chi connectivity index (χ1v) is 7.02. The Balaban J connectivity index is 1.88. The fourth-order valence-electron chi connectivity index (χ4n) is 1.78. The van der Waals surface area contributed by atoms with Crippen molar-refractivity contribution in [3.63, 3.8) is 0 Å². The molecule has 1 atom stereocenters. The lowest BCUT2D eigenvalue weighted by Crippen LogP contribution is -2.32. The molecule has 1 aliphatic heterocycles. The molecule has 0 spiro atoms. The zero-order valence-electron chi connectivity index (χ0n) is 11.5. The third kappa shape index (κ3) is 7.50. The first-order chi connectivity index (χ1) is 8.83. The van der Waals surface area contributed by atoms with Crippen LogP contribution in [0.5, 0.6) is 0 Å². The Morgan fingerprint density at radius 2 is 2.39 bits per heavy atom. The highest BCUT2D eigenvalue weighted by atomic mass is 16.5. The summed E-state index contributed by atoms with van der Waals surface area (Å²) in [6, 6.07) is 0. The quantitative estimate of drug-likeness (QED) is 0.369. The molecule has 0 bridgehead atoms. The number of ether oxygens (including phenoxy) is 2. The largest absolute Gasteiger partial charge is 0.381 e. The van der Waals surface area contributed by atoms with Gasteiger partial charge in [-0.3, -0.25) is 4.99 Å². The van der Waals surface area contributed by atoms with Crippen molar-refractivity contribution in [2.45, 2.75) is 32.6 Å². The second-order valence-corrected chi connectivity index (χ2v) is 4.71. The summed E-state index contributed by atoms with van der Waals surface area (Å²) in [5.74, 6) is 1.14. The van der Waals surface area contributed by atoms with Gasteiger partial charge in [-0.25, -0.2) is 0 Å². The molecule has 1 heterocycles. The van der Waals surface area contributed by atoms with Gasteiger partial charge in [0.2, 0.25) is 0 Å². The summed E-state index contributed by atoms with van der Waals surface area (Å²) in [4.78, 5) is 4.24. The van der Waals surface area contributed by atoms with Gasteiger partial charge in [0.05, 0.1) is 13.2 Å². The third-order valence-corrected chi connectivity index (χ3v) is 2.94. The Morgan fingerprint density at radius 1 is 1.50 bits per heavy atom. The first kappa shape index (κ1) is 15.2. The fraction of sp³-hybridized carbons (Fsp3) is 0.923. The summed E-state index contributed by atoms with van der Waals surface area (Å²) in [6.07, 6.45) is 4.35. The third-order valence-electron chi connectivity index (χ3n) is 2.94. The van der Waals surface area contributed by atoms with Gasteiger partial charge in [-0.05, 0) is 19.3 Å². The Bertz CT molecular complexity index is 228. The van der Waals surface area contributed by atoms with Crippen LogP contribution in [0.3, 0.4) is 0 Å². The Morgan fingerprint density at radius 3 is 3.11 bits per heavy atom. The van der Waals surface area contributed by atoms with Gasteiger partial charge >= 0.3 is 0 Å². The van der Waals surface area contributed by atoms with Crippen LogP contribution in [0, 0.1) is 5.92 Å². The summed E-state index contributed by atoms with van der Waals surface area (Å²) >= 11 is 0. The number of unbranched alkanes of at least 4 members (excludes halogenated alkanes) is 1. The topological polar surface area (TPSA) is 68.9 Å². The number of rotatable bonds is 9. The Labute approximate surface area is 110 Å². The summed E-state index contributed by atoms with van der Waals surface area (Å²) in [5.41, 5.74) is 5.71. The van der Waals surface area contributed by atoms with Crippen LogP contribution >= 0.6 is 0 Å². The van der Waals surface area contributed by atoms with Gasteiger partial charge in [0.1, 0.15) is 0 Å². The lowest BCUT2D eigenvalue weighted by Gasteiger charge is -2.08. The minimum atomic E-state index is 0.549. The number of nitrogens with one attached hydrogen (secondary N) is 1. The second-order valence-electron chi connectivity index (χ2n) is 4.71. The van der Waals surface area contributed by atoms with E-state index in [-0.39, 0.29) is 0 Å². The second kappa shape index (κ2) is 10.1. The zero-order chi connectivity index (χ0) is 13.1. The predicted octanol–water partition coefficient (Wildman–Crippen LogP) is 1.13. The molecule has 5 heteroatoms. The van der Waals surface area contributed by atoms with Gasteiger partial charge < -0.3 is 20.5 Å². The Hall–Kier alpha value is -0.810. The summed E-state index contributed by atoms with van der Waals surface area (Å²) < 4.78 is 10.9. The molecular formula is C13H27N3O2. The van der Waals surface area contributed by atoms with Crippen LogP contribution in [0.1, 0.15) is 32.6 Å². The molecule has 0 aliphatic carbocycles. The molecule has 1 aliphatic rings. The normalized spacial score (nSPS) is 20.3. The van der Waals surface area contributed by atoms with Crippen LogP contribution in [0.15, 0.2) is 4.99 Å². The van der Waals surface area contributed by atoms with Gasteiger partial charge in [-0.2, -0.15) is 0 Å². The monoisotopic (exact) mass is 257 g/mol. The fourth-order valence-corrected chi connectivity index (χ4v) is 1.78. The molecule has 3 N–H and O–H groups in total. The molecule has 1 fully saturated rings. The minimum Gasteiger partial charge on any atom is -0.381 e. The molecule has 0 amide bonds. The van der Waals surface area contributed by atoms with Crippen LogP contribution in [0.4, 0.5) is 0 Å². The highest BCUT2D eigenvalue weighted by Gasteiger charge is 2.14. The molecule has 0 aromatic carbocycles. The van der Waals surface area contributed by atoms with Gasteiger partial charge in [0.15, 0.2) is 5.96 Å². The van der Waals surface area contributed by atoms with Gasteiger partial charge in [-0.1, -0.05) is 13.3 Å². The predicted molar refractivity (Wildman–Crippen MR) is 73.8 cm³/mol. The number of hydrogen-bond donors (Lipinski definition) is 2. The molecule has 1 saturated heterocycles. The molecule has 0 aromatic rings. The molecule has 18 heavy (non-hydrogen) atoms. The van der Waals surface area contributed by atoms with Crippen molar-refractivity contribution < 1.29 is 9.47 Å². The van der Waals surface area contributed by atoms with Gasteiger partial charge in [0, 0.05) is 32.2 Å². The number of guanidine groups is 1. The van der Waals surface area contributed by atoms with Crippen LogP contribution < -0.4 is 11.1 Å². The summed E-state index contributed by atoms with van der Waals surface area (Å²) in [5, 5.41) is 3.09. The average molecular weight is 257 g/mol. The number of nitrogens with zero attached hydrogens (tertiary/aromatic N) is 1. The lowest BCUT2D eigenvalue weighted by molar-refractivity contribution is 0.0893. The number of hydrogen-bond acceptors (Lipinski definition) is 3. The summed E-state index contributed by atoms with van der Waals surface area (Å²) in [7, 11) is 0. The molecule has 1 rings (SSSR count). The Kier molecular flexibility index (Phi) is 8.59. The van der Waals surface area contributed by atoms with E-state index in [4.69, 9.17) is 15.2 Å². The van der Waals surface area contributed by atoms with Crippen molar-refractivity contribution in [2.75, 3.05) is 39.5 Å². The molecule has 1 unspecified atom stereocenters. The zero-order valence-corrected chi connectivity index (χ0v) is 11.5. The van der Waals surface area contributed by atoms with E-state index >= 15 is 0 Å². The van der Waals surface area contributed by atoms with Gasteiger partial charge in [0.25, 0.3) is 0 Å². The molecule has 0 saturated carbocycles. The minimum absolute atomic E-state index is 0.549. The summed E-state index contributed by atoms with van der Waals surface area (Å²) in [6.45, 7) is 7.10. The van der Waals surface area contributed by atoms with Crippen molar-refractivity contribution in [2.24, 2.45) is 16.6 Å². The van der Waals surface area contributed by atoms with Gasteiger partial charge in [-0.15, -0.1) is 0 Å². The molecule has 0 radical (unpaired) electrons. The smallest absolute Gasteiger partial charge is 0.188 e. The van der Waals surface area contributed by atoms with E-state index in [1.54, 1.807) is 0 Å². The van der Waals surface area contributed by atoms with E-state index in [2.05, 4.69) is 17.2 Å². The van der Waals surface area contributed by atoms with Crippen LogP contribution in [-0.4, -0.2) is 45.5 Å². The van der Waals surface area contributed by atoms with E-state index in [1.807, 2.05) is 0 Å². The maximum absolute atomic E-state index is 5.71. The van der Waals surface area contributed by atoms with E-state index in [0.717, 1.165) is 58.8 Å². The van der Waals surface area contributed by atoms with Crippen molar-refractivity contribution in [1.29, 1.82) is 0 Å². The van der Waals surface area contributed by atoms with Crippen LogP contribution in [-0.2, 0) is 9.47 Å². The van der Waals surface area contributed by atoms with Crippen LogP contribution in [0.25, 0.3) is 0 Å². The number of aliphatic imine (C=N–C) groups is 1. The van der Waals surface area contributed by atoms with E-state index in [1.165, 1.54) is 6.42 Å². The highest BCUT2D eigenvalue weighted by Crippen LogP contribution is 2.12. The highest BCUT2D eigenvalue weighted by molar-refractivity contribution is 5.77. The van der Waals surface area contributed by atoms with Crippen molar-refractivity contribution in [3.05, 3.63) is 0 Å². The molecule has 5 nitrogen and oxygen atoms in total. The molecule has 106 valence electrons. The number of nitrogens with two attached hydrogens (primary N) is 1. The van der Waals surface area contributed by atoms with E-state index < -0.39 is 0 Å². The van der Waals surface area contributed by atoms with Crippen LogP contribution in [0.2, 0.25) is 0 Å². The SMILES string of the molecule is CCCCNC(N)=NCCCOCC1CCOC1. The van der Waals surface area contributed by atoms with Crippen molar-refractivity contribution in [1.82, 2.24) is 5.32 Å². The molecular weight excluding hydrogens is 230 g/mol. The average Bonchev–Trinajstić information content (AvgIpc) is 2.87. The van der Waals surface area contributed by atoms with Crippen molar-refractivity contribution >= 4 is 5.96 Å². The molecule has 0 aromatic heterocycles. The maximum Gasteiger partial charge on any atom is 0.188 e. The van der Waals surface area contributed by atoms with E-state index in [9.17, 15) is 0 Å². The lowest BCUT2D eigenvalue weighted by atomic mass is 10.1. The first-order valence-electron chi connectivity index (χ1n) is 7.02. The van der Waals surface area contributed by atoms with Crippen molar-refractivity contribution in [3.8, 4) is 0 Å². The van der Waals surface area contributed by atoms with E-state index in [0.29, 0.717) is 11.9 Å². The maximum atomic E-state index is 5.71. The standard InChI is InChI=1S/C13H27N3O2/c1-2-3-6-15-13(14)16-7-4-8-17-10-12-5-9-18-11-12/h12H,2-11H2,1H3,(H3,14,15,16).